The molecular formula is C20H18BrN3. The highest BCUT2D eigenvalue weighted by Crippen LogP contribution is 2.35. The Morgan fingerprint density at radius 1 is 1.08 bits per heavy atom. The van der Waals surface area contributed by atoms with Gasteiger partial charge in [0.05, 0.1) is 16.8 Å². The maximum absolute atomic E-state index is 5.09. The summed E-state index contributed by atoms with van der Waals surface area (Å²) < 4.78 is 1.14. The number of aliphatic imine (C=N–C) groups is 1. The first-order valence-corrected chi connectivity index (χ1v) is 8.99. The second-order valence-corrected chi connectivity index (χ2v) is 7.40. The summed E-state index contributed by atoms with van der Waals surface area (Å²) in [4.78, 5) is 5.09. The summed E-state index contributed by atoms with van der Waals surface area (Å²) in [5.41, 5.74) is 5.04. The minimum atomic E-state index is -0.112. The van der Waals surface area contributed by atoms with E-state index >= 15 is 0 Å². The standard InChI is InChI=1S/C20H18BrN3/c1-3-20(2)12-15-14(8-6-9-16(15)21)19(22-20)18-11-13-7-4-5-10-17(13)23-24-18/h4-11H,3,12H2,1-2H3. The number of hydrogen-bond acceptors (Lipinski definition) is 3. The maximum atomic E-state index is 5.09. The molecule has 0 radical (unpaired) electrons. The number of nitrogens with zero attached hydrogens (tertiary/aromatic N) is 3. The zero-order chi connectivity index (χ0) is 16.7. The fourth-order valence-corrected chi connectivity index (χ4v) is 3.72. The van der Waals surface area contributed by atoms with Gasteiger partial charge < -0.3 is 0 Å². The molecule has 4 heteroatoms. The van der Waals surface area contributed by atoms with Crippen molar-refractivity contribution in [1.82, 2.24) is 10.2 Å². The van der Waals surface area contributed by atoms with Crippen molar-refractivity contribution in [3.05, 3.63) is 69.8 Å². The molecule has 3 aromatic rings. The highest BCUT2D eigenvalue weighted by molar-refractivity contribution is 9.10. The molecule has 0 amide bonds. The van der Waals surface area contributed by atoms with Crippen molar-refractivity contribution < 1.29 is 0 Å². The first-order valence-electron chi connectivity index (χ1n) is 8.20. The molecule has 1 aliphatic heterocycles. The summed E-state index contributed by atoms with van der Waals surface area (Å²) >= 11 is 3.71. The zero-order valence-corrected chi connectivity index (χ0v) is 15.3. The van der Waals surface area contributed by atoms with E-state index in [1.807, 2.05) is 18.2 Å². The molecule has 0 saturated heterocycles. The molecule has 2 aromatic carbocycles. The SMILES string of the molecule is CCC1(C)Cc2c(Br)cccc2C(c2cc3ccccc3nn2)=N1. The number of benzene rings is 2. The van der Waals surface area contributed by atoms with Gasteiger partial charge >= 0.3 is 0 Å². The van der Waals surface area contributed by atoms with E-state index in [0.717, 1.165) is 45.2 Å². The predicted octanol–water partition coefficient (Wildman–Crippen LogP) is 4.95. The first-order chi connectivity index (χ1) is 11.6. The van der Waals surface area contributed by atoms with Gasteiger partial charge in [-0.3, -0.25) is 4.99 Å². The van der Waals surface area contributed by atoms with Crippen molar-refractivity contribution >= 4 is 32.5 Å². The minimum absolute atomic E-state index is 0.112. The fraction of sp³-hybridized carbons (Fsp3) is 0.250. The fourth-order valence-electron chi connectivity index (χ4n) is 3.21. The molecule has 0 fully saturated rings. The molecular weight excluding hydrogens is 362 g/mol. The van der Waals surface area contributed by atoms with Crippen LogP contribution in [0.4, 0.5) is 0 Å². The smallest absolute Gasteiger partial charge is 0.112 e. The van der Waals surface area contributed by atoms with Crippen LogP contribution in [0.1, 0.15) is 37.1 Å². The van der Waals surface area contributed by atoms with Crippen molar-refractivity contribution in [3.8, 4) is 0 Å². The Kier molecular flexibility index (Phi) is 3.72. The molecule has 1 atom stereocenters. The molecule has 1 aromatic heterocycles. The molecule has 0 saturated carbocycles. The van der Waals surface area contributed by atoms with E-state index in [1.54, 1.807) is 0 Å². The summed E-state index contributed by atoms with van der Waals surface area (Å²) in [6, 6.07) is 16.4. The van der Waals surface area contributed by atoms with E-state index in [-0.39, 0.29) is 5.54 Å². The Hall–Kier alpha value is -2.07. The molecule has 120 valence electrons. The van der Waals surface area contributed by atoms with Gasteiger partial charge in [-0.15, -0.1) is 10.2 Å². The molecule has 0 bridgehead atoms. The van der Waals surface area contributed by atoms with Gasteiger partial charge in [0.1, 0.15) is 5.69 Å². The lowest BCUT2D eigenvalue weighted by Crippen LogP contribution is -2.32. The Morgan fingerprint density at radius 3 is 2.75 bits per heavy atom. The van der Waals surface area contributed by atoms with E-state index < -0.39 is 0 Å². The Balaban J connectivity index is 1.95. The van der Waals surface area contributed by atoms with E-state index in [4.69, 9.17) is 4.99 Å². The van der Waals surface area contributed by atoms with E-state index in [0.29, 0.717) is 0 Å². The van der Waals surface area contributed by atoms with Gasteiger partial charge in [0.2, 0.25) is 0 Å². The van der Waals surface area contributed by atoms with Crippen molar-refractivity contribution in [2.75, 3.05) is 0 Å². The highest BCUT2D eigenvalue weighted by atomic mass is 79.9. The average molecular weight is 380 g/mol. The van der Waals surface area contributed by atoms with Gasteiger partial charge in [0, 0.05) is 15.4 Å². The van der Waals surface area contributed by atoms with Crippen molar-refractivity contribution in [2.24, 2.45) is 4.99 Å². The van der Waals surface area contributed by atoms with Gasteiger partial charge in [-0.1, -0.05) is 53.2 Å². The highest BCUT2D eigenvalue weighted by Gasteiger charge is 2.31. The van der Waals surface area contributed by atoms with Crippen LogP contribution in [-0.4, -0.2) is 21.4 Å². The average Bonchev–Trinajstić information content (AvgIpc) is 2.62. The quantitative estimate of drug-likeness (QED) is 0.631. The van der Waals surface area contributed by atoms with Crippen molar-refractivity contribution in [2.45, 2.75) is 32.2 Å². The lowest BCUT2D eigenvalue weighted by Gasteiger charge is -2.32. The summed E-state index contributed by atoms with van der Waals surface area (Å²) in [6.45, 7) is 4.40. The van der Waals surface area contributed by atoms with Gasteiger partial charge in [-0.05, 0) is 43.5 Å². The normalized spacial score (nSPS) is 19.9. The molecule has 1 unspecified atom stereocenters. The number of rotatable bonds is 2. The van der Waals surface area contributed by atoms with E-state index in [1.165, 1.54) is 5.56 Å². The third-order valence-corrected chi connectivity index (χ3v) is 5.55. The van der Waals surface area contributed by atoms with Crippen LogP contribution >= 0.6 is 15.9 Å². The monoisotopic (exact) mass is 379 g/mol. The minimum Gasteiger partial charge on any atom is -0.276 e. The van der Waals surface area contributed by atoms with Crippen LogP contribution in [0.25, 0.3) is 10.9 Å². The summed E-state index contributed by atoms with van der Waals surface area (Å²) in [7, 11) is 0. The van der Waals surface area contributed by atoms with Gasteiger partial charge in [-0.2, -0.15) is 0 Å². The van der Waals surface area contributed by atoms with Crippen LogP contribution in [0.15, 0.2) is 58.0 Å². The van der Waals surface area contributed by atoms with Gasteiger partial charge in [-0.25, -0.2) is 0 Å². The Labute approximate surface area is 150 Å². The Morgan fingerprint density at radius 2 is 1.92 bits per heavy atom. The largest absolute Gasteiger partial charge is 0.276 e. The number of fused-ring (bicyclic) bond motifs is 2. The second kappa shape index (κ2) is 5.78. The molecule has 0 N–H and O–H groups in total. The first kappa shape index (κ1) is 15.5. The van der Waals surface area contributed by atoms with Crippen LogP contribution in [0, 0.1) is 0 Å². The van der Waals surface area contributed by atoms with Crippen molar-refractivity contribution in [3.63, 3.8) is 0 Å². The zero-order valence-electron chi connectivity index (χ0n) is 13.8. The van der Waals surface area contributed by atoms with E-state index in [9.17, 15) is 0 Å². The van der Waals surface area contributed by atoms with Crippen LogP contribution in [0.3, 0.4) is 0 Å². The molecule has 0 aliphatic carbocycles. The third-order valence-electron chi connectivity index (χ3n) is 4.81. The molecule has 24 heavy (non-hydrogen) atoms. The molecule has 4 rings (SSSR count). The number of halogens is 1. The Bertz CT molecular complexity index is 964. The summed E-state index contributed by atoms with van der Waals surface area (Å²) in [5, 5.41) is 9.93. The molecule has 0 spiro atoms. The van der Waals surface area contributed by atoms with Crippen molar-refractivity contribution in [1.29, 1.82) is 0 Å². The van der Waals surface area contributed by atoms with Crippen LogP contribution in [0.2, 0.25) is 0 Å². The van der Waals surface area contributed by atoms with E-state index in [2.05, 4.69) is 70.3 Å². The van der Waals surface area contributed by atoms with Crippen LogP contribution in [-0.2, 0) is 6.42 Å². The lowest BCUT2D eigenvalue weighted by atomic mass is 9.83. The van der Waals surface area contributed by atoms with Crippen LogP contribution in [0.5, 0.6) is 0 Å². The van der Waals surface area contributed by atoms with Gasteiger partial charge in [0.25, 0.3) is 0 Å². The predicted molar refractivity (Wildman–Crippen MR) is 102 cm³/mol. The summed E-state index contributed by atoms with van der Waals surface area (Å²) in [5.74, 6) is 0. The maximum Gasteiger partial charge on any atom is 0.112 e. The number of hydrogen-bond donors (Lipinski definition) is 0. The number of aromatic nitrogens is 2. The molecule has 1 aliphatic rings. The lowest BCUT2D eigenvalue weighted by molar-refractivity contribution is 0.447. The van der Waals surface area contributed by atoms with Gasteiger partial charge in [0.15, 0.2) is 0 Å². The topological polar surface area (TPSA) is 38.1 Å². The summed E-state index contributed by atoms with van der Waals surface area (Å²) in [6.07, 6.45) is 1.92. The third kappa shape index (κ3) is 2.55. The molecule has 2 heterocycles. The van der Waals surface area contributed by atoms with Crippen LogP contribution < -0.4 is 0 Å². The second-order valence-electron chi connectivity index (χ2n) is 6.54. The molecule has 3 nitrogen and oxygen atoms in total.